The fourth-order valence-electron chi connectivity index (χ4n) is 4.38. The normalized spacial score (nSPS) is 11.0. The molecule has 8 heteroatoms. The number of phenols is 3. The quantitative estimate of drug-likeness (QED) is 0.149. The summed E-state index contributed by atoms with van der Waals surface area (Å²) >= 11 is 0. The van der Waals surface area contributed by atoms with Crippen LogP contribution in [0.1, 0.15) is 16.7 Å². The summed E-state index contributed by atoms with van der Waals surface area (Å²) in [4.78, 5) is 8.36. The minimum Gasteiger partial charge on any atom is -0.504 e. The third-order valence-corrected chi connectivity index (χ3v) is 5.77. The van der Waals surface area contributed by atoms with Crippen LogP contribution in [0.2, 0.25) is 0 Å². The summed E-state index contributed by atoms with van der Waals surface area (Å²) in [6.07, 6.45) is 0. The summed E-state index contributed by atoms with van der Waals surface area (Å²) in [6.45, 7) is -0.250. The minimum atomic E-state index is -1.06. The first kappa shape index (κ1) is 23.2. The molecule has 0 saturated carbocycles. The number of carboxylic acid groups (broad SMARTS) is 1. The van der Waals surface area contributed by atoms with Gasteiger partial charge < -0.3 is 25.5 Å². The van der Waals surface area contributed by atoms with Gasteiger partial charge >= 0.3 is 0 Å². The zero-order chi connectivity index (χ0) is 25.0. The molecule has 1 aromatic heterocycles. The molecule has 8 nitrogen and oxygen atoms in total. The average Bonchev–Trinajstić information content (AvgIpc) is 3.21. The van der Waals surface area contributed by atoms with Gasteiger partial charge in [0.25, 0.3) is 6.47 Å². The predicted octanol–water partition coefficient (Wildman–Crippen LogP) is 4.40. The number of rotatable bonds is 4. The summed E-state index contributed by atoms with van der Waals surface area (Å²) in [6, 6.07) is 30.3. The molecule has 5 N–H and O–H groups in total. The largest absolute Gasteiger partial charge is 0.504 e. The summed E-state index contributed by atoms with van der Waals surface area (Å²) < 4.78 is 1.58. The maximum absolute atomic E-state index is 10.7. The second kappa shape index (κ2) is 9.48. The zero-order valence-electron chi connectivity index (χ0n) is 18.4. The van der Waals surface area contributed by atoms with Gasteiger partial charge in [-0.2, -0.15) is 0 Å². The van der Waals surface area contributed by atoms with Crippen LogP contribution in [-0.4, -0.2) is 41.8 Å². The molecule has 0 spiro atoms. The van der Waals surface area contributed by atoms with E-state index in [1.54, 1.807) is 4.68 Å². The third kappa shape index (κ3) is 3.76. The molecule has 0 amide bonds. The second-order valence-corrected chi connectivity index (χ2v) is 7.64. The lowest BCUT2D eigenvalue weighted by molar-refractivity contribution is -0.122. The summed E-state index contributed by atoms with van der Waals surface area (Å²) in [5.74, 6) is -2.32. The standard InChI is InChI=1S/C26H20N2O4.CH2O2/c29-21-16-20-22(24(31)23(21)30)25(32)27-28(20)26(17-10-4-1-5-11-17,18-12-6-2-7-13-18)19-14-8-3-9-15-19;2-1-3/h1-16,29-31H,(H,27,32);1H,(H,2,3). The number of aromatic nitrogens is 2. The lowest BCUT2D eigenvalue weighted by Gasteiger charge is -2.36. The molecule has 0 radical (unpaired) electrons. The number of carbonyl (C=O) groups is 1. The molecule has 176 valence electrons. The molecule has 0 aliphatic rings. The molecular weight excluding hydrogens is 448 g/mol. The van der Waals surface area contributed by atoms with Gasteiger partial charge in [0.2, 0.25) is 11.6 Å². The van der Waals surface area contributed by atoms with E-state index in [4.69, 9.17) is 9.90 Å². The Hall–Kier alpha value is -4.98. The van der Waals surface area contributed by atoms with Crippen molar-refractivity contribution in [2.24, 2.45) is 0 Å². The highest BCUT2D eigenvalue weighted by Gasteiger charge is 2.41. The maximum Gasteiger partial charge on any atom is 0.290 e. The SMILES string of the molecule is O=CO.Oc1cc2c(c(O)nn2C(c2ccccc2)(c2ccccc2)c2ccccc2)c(O)c1O. The van der Waals surface area contributed by atoms with Gasteiger partial charge in [-0.25, -0.2) is 4.68 Å². The van der Waals surface area contributed by atoms with E-state index < -0.39 is 28.7 Å². The zero-order valence-corrected chi connectivity index (χ0v) is 18.4. The van der Waals surface area contributed by atoms with E-state index in [1.807, 2.05) is 91.0 Å². The van der Waals surface area contributed by atoms with E-state index in [0.717, 1.165) is 16.7 Å². The summed E-state index contributed by atoms with van der Waals surface area (Å²) in [7, 11) is 0. The predicted molar refractivity (Wildman–Crippen MR) is 130 cm³/mol. The Balaban J connectivity index is 0.000000917. The number of fused-ring (bicyclic) bond motifs is 1. The molecule has 0 fully saturated rings. The smallest absolute Gasteiger partial charge is 0.290 e. The van der Waals surface area contributed by atoms with Crippen molar-refractivity contribution in [1.82, 2.24) is 9.78 Å². The van der Waals surface area contributed by atoms with Gasteiger partial charge in [-0.3, -0.25) is 4.79 Å². The summed E-state index contributed by atoms with van der Waals surface area (Å²) in [5, 5.41) is 52.8. The molecular formula is C27H22N2O6. The highest BCUT2D eigenvalue weighted by Crippen LogP contribution is 2.49. The Labute approximate surface area is 200 Å². The molecule has 0 bridgehead atoms. The first-order valence-corrected chi connectivity index (χ1v) is 10.6. The van der Waals surface area contributed by atoms with Gasteiger partial charge in [0.15, 0.2) is 11.5 Å². The number of phenolic OH excluding ortho intramolecular Hbond substituents is 3. The van der Waals surface area contributed by atoms with Gasteiger partial charge in [-0.05, 0) is 16.7 Å². The van der Waals surface area contributed by atoms with E-state index in [1.165, 1.54) is 6.07 Å². The van der Waals surface area contributed by atoms with Crippen molar-refractivity contribution in [3.05, 3.63) is 114 Å². The van der Waals surface area contributed by atoms with Crippen LogP contribution in [0, 0.1) is 0 Å². The van der Waals surface area contributed by atoms with E-state index in [2.05, 4.69) is 5.10 Å². The molecule has 0 saturated heterocycles. The van der Waals surface area contributed by atoms with Crippen molar-refractivity contribution in [3.63, 3.8) is 0 Å². The molecule has 0 aliphatic heterocycles. The first-order valence-electron chi connectivity index (χ1n) is 10.6. The second-order valence-electron chi connectivity index (χ2n) is 7.64. The fourth-order valence-corrected chi connectivity index (χ4v) is 4.38. The Morgan fingerprint density at radius 1 is 0.686 bits per heavy atom. The van der Waals surface area contributed by atoms with E-state index in [-0.39, 0.29) is 17.4 Å². The van der Waals surface area contributed by atoms with Crippen molar-refractivity contribution in [1.29, 1.82) is 0 Å². The first-order chi connectivity index (χ1) is 17.0. The highest BCUT2D eigenvalue weighted by molar-refractivity contribution is 5.94. The third-order valence-electron chi connectivity index (χ3n) is 5.77. The van der Waals surface area contributed by atoms with Crippen molar-refractivity contribution >= 4 is 17.4 Å². The van der Waals surface area contributed by atoms with E-state index >= 15 is 0 Å². The Bertz CT molecular complexity index is 1350. The van der Waals surface area contributed by atoms with Crippen LogP contribution in [0.25, 0.3) is 10.9 Å². The highest BCUT2D eigenvalue weighted by atomic mass is 16.3. The number of benzene rings is 4. The van der Waals surface area contributed by atoms with Gasteiger partial charge in [0.05, 0.1) is 5.52 Å². The van der Waals surface area contributed by atoms with Gasteiger partial charge in [-0.1, -0.05) is 91.0 Å². The molecule has 0 aliphatic carbocycles. The fraction of sp³-hybridized carbons (Fsp3) is 0.0370. The van der Waals surface area contributed by atoms with Gasteiger partial charge in [0.1, 0.15) is 10.9 Å². The van der Waals surface area contributed by atoms with Gasteiger partial charge in [0, 0.05) is 6.07 Å². The van der Waals surface area contributed by atoms with Gasteiger partial charge in [-0.15, -0.1) is 5.10 Å². The minimum absolute atomic E-state index is 0.0486. The van der Waals surface area contributed by atoms with E-state index in [9.17, 15) is 20.4 Å². The van der Waals surface area contributed by atoms with E-state index in [0.29, 0.717) is 0 Å². The van der Waals surface area contributed by atoms with Crippen LogP contribution >= 0.6 is 0 Å². The van der Waals surface area contributed by atoms with Crippen LogP contribution in [-0.2, 0) is 10.3 Å². The molecule has 1 heterocycles. The Morgan fingerprint density at radius 2 is 1.09 bits per heavy atom. The molecule has 5 rings (SSSR count). The van der Waals surface area contributed by atoms with Crippen LogP contribution in [0.4, 0.5) is 0 Å². The lowest BCUT2D eigenvalue weighted by atomic mass is 9.77. The van der Waals surface area contributed by atoms with Crippen LogP contribution in [0.15, 0.2) is 97.1 Å². The Morgan fingerprint density at radius 3 is 1.49 bits per heavy atom. The lowest BCUT2D eigenvalue weighted by Crippen LogP contribution is -2.38. The Kier molecular flexibility index (Phi) is 6.28. The van der Waals surface area contributed by atoms with Crippen LogP contribution < -0.4 is 0 Å². The topological polar surface area (TPSA) is 136 Å². The number of hydrogen-bond donors (Lipinski definition) is 5. The molecule has 0 atom stereocenters. The number of aromatic hydroxyl groups is 4. The molecule has 0 unspecified atom stereocenters. The van der Waals surface area contributed by atoms with Crippen molar-refractivity contribution < 1.29 is 30.3 Å². The van der Waals surface area contributed by atoms with Crippen molar-refractivity contribution in [2.75, 3.05) is 0 Å². The van der Waals surface area contributed by atoms with Crippen molar-refractivity contribution in [2.45, 2.75) is 5.54 Å². The maximum atomic E-state index is 10.7. The average molecular weight is 470 g/mol. The summed E-state index contributed by atoms with van der Waals surface area (Å²) in [5.41, 5.74) is 1.77. The van der Waals surface area contributed by atoms with Crippen LogP contribution in [0.5, 0.6) is 23.1 Å². The number of nitrogens with zero attached hydrogens (tertiary/aromatic N) is 2. The van der Waals surface area contributed by atoms with Crippen molar-refractivity contribution in [3.8, 4) is 23.1 Å². The monoisotopic (exact) mass is 470 g/mol. The van der Waals surface area contributed by atoms with Crippen LogP contribution in [0.3, 0.4) is 0 Å². The number of hydrogen-bond acceptors (Lipinski definition) is 6. The molecule has 5 aromatic rings. The molecule has 35 heavy (non-hydrogen) atoms. The molecule has 4 aromatic carbocycles.